The van der Waals surface area contributed by atoms with E-state index in [0.29, 0.717) is 0 Å². The van der Waals surface area contributed by atoms with Gasteiger partial charge in [0.05, 0.1) is 18.4 Å². The lowest BCUT2D eigenvalue weighted by atomic mass is 10.1. The fourth-order valence-corrected chi connectivity index (χ4v) is 2.29. The van der Waals surface area contributed by atoms with Crippen LogP contribution < -0.4 is 5.32 Å². The van der Waals surface area contributed by atoms with Crippen LogP contribution in [0.5, 0.6) is 0 Å². The molecule has 0 spiro atoms. The summed E-state index contributed by atoms with van der Waals surface area (Å²) in [4.78, 5) is 0. The average Bonchev–Trinajstić information content (AvgIpc) is 3.19. The fourth-order valence-electron chi connectivity index (χ4n) is 2.29. The van der Waals surface area contributed by atoms with Gasteiger partial charge in [-0.2, -0.15) is 0 Å². The summed E-state index contributed by atoms with van der Waals surface area (Å²) in [5, 5.41) is 11.8. The Hall–Kier alpha value is -1.68. The normalized spacial score (nSPS) is 14.7. The van der Waals surface area contributed by atoms with E-state index in [2.05, 4.69) is 46.8 Å². The summed E-state index contributed by atoms with van der Waals surface area (Å²) >= 11 is 0. The highest BCUT2D eigenvalue weighted by atomic mass is 15.4. The molecular formula is C16H22N4. The number of aromatic nitrogens is 3. The Morgan fingerprint density at radius 2 is 1.95 bits per heavy atom. The van der Waals surface area contributed by atoms with Gasteiger partial charge < -0.3 is 5.32 Å². The van der Waals surface area contributed by atoms with Crippen LogP contribution in [-0.2, 0) is 19.5 Å². The Bertz CT molecular complexity index is 540. The van der Waals surface area contributed by atoms with Gasteiger partial charge in [-0.1, -0.05) is 36.4 Å². The van der Waals surface area contributed by atoms with Crippen molar-refractivity contribution in [3.05, 3.63) is 47.3 Å². The largest absolute Gasteiger partial charge is 0.311 e. The van der Waals surface area contributed by atoms with Gasteiger partial charge in [0.15, 0.2) is 0 Å². The smallest absolute Gasteiger partial charge is 0.0964 e. The lowest BCUT2D eigenvalue weighted by Crippen LogP contribution is -2.16. The average molecular weight is 270 g/mol. The Morgan fingerprint density at radius 3 is 2.65 bits per heavy atom. The molecule has 0 amide bonds. The molecule has 1 aromatic heterocycles. The second-order valence-corrected chi connectivity index (χ2v) is 5.65. The topological polar surface area (TPSA) is 42.7 Å². The van der Waals surface area contributed by atoms with Gasteiger partial charge in [-0.15, -0.1) is 5.10 Å². The van der Waals surface area contributed by atoms with Crippen molar-refractivity contribution in [1.82, 2.24) is 20.3 Å². The van der Waals surface area contributed by atoms with Crippen LogP contribution in [0.25, 0.3) is 0 Å². The monoisotopic (exact) mass is 270 g/mol. The summed E-state index contributed by atoms with van der Waals surface area (Å²) in [6, 6.07) is 8.71. The number of hydrogen-bond acceptors (Lipinski definition) is 3. The predicted octanol–water partition coefficient (Wildman–Crippen LogP) is 2.39. The minimum absolute atomic E-state index is 0.791. The van der Waals surface area contributed by atoms with Crippen LogP contribution in [0.1, 0.15) is 36.6 Å². The zero-order chi connectivity index (χ0) is 13.8. The number of hydrogen-bond donors (Lipinski definition) is 1. The van der Waals surface area contributed by atoms with E-state index in [0.717, 1.165) is 37.7 Å². The van der Waals surface area contributed by atoms with Crippen LogP contribution in [0.4, 0.5) is 0 Å². The highest BCUT2D eigenvalue weighted by molar-refractivity contribution is 5.22. The molecule has 1 N–H and O–H groups in total. The van der Waals surface area contributed by atoms with Gasteiger partial charge in [-0.25, -0.2) is 4.68 Å². The summed E-state index contributed by atoms with van der Waals surface area (Å²) in [7, 11) is 0. The zero-order valence-electron chi connectivity index (χ0n) is 12.0. The molecule has 0 saturated heterocycles. The molecule has 2 aromatic rings. The van der Waals surface area contributed by atoms with Crippen LogP contribution in [0.2, 0.25) is 0 Å². The van der Waals surface area contributed by atoms with Crippen molar-refractivity contribution < 1.29 is 0 Å². The fraction of sp³-hybridized carbons (Fsp3) is 0.500. The third kappa shape index (κ3) is 3.67. The Balaban J connectivity index is 1.52. The van der Waals surface area contributed by atoms with E-state index >= 15 is 0 Å². The minimum atomic E-state index is 0.791. The van der Waals surface area contributed by atoms with Crippen molar-refractivity contribution >= 4 is 0 Å². The molecule has 1 aliphatic rings. The molecular weight excluding hydrogens is 248 g/mol. The van der Waals surface area contributed by atoms with Gasteiger partial charge in [-0.3, -0.25) is 0 Å². The summed E-state index contributed by atoms with van der Waals surface area (Å²) in [6.45, 7) is 4.91. The van der Waals surface area contributed by atoms with E-state index in [-0.39, 0.29) is 0 Å². The highest BCUT2D eigenvalue weighted by Gasteiger charge is 2.20. The number of nitrogens with zero attached hydrogens (tertiary/aromatic N) is 3. The number of nitrogens with one attached hydrogen (secondary N) is 1. The van der Waals surface area contributed by atoms with Crippen LogP contribution in [-0.4, -0.2) is 21.5 Å². The van der Waals surface area contributed by atoms with Crippen molar-refractivity contribution in [2.75, 3.05) is 6.54 Å². The lowest BCUT2D eigenvalue weighted by Gasteiger charge is -2.02. The van der Waals surface area contributed by atoms with Crippen LogP contribution in [0.3, 0.4) is 0 Å². The van der Waals surface area contributed by atoms with E-state index in [1.165, 1.54) is 24.0 Å². The molecule has 1 aromatic carbocycles. The number of benzene rings is 1. The minimum Gasteiger partial charge on any atom is -0.311 e. The van der Waals surface area contributed by atoms with E-state index < -0.39 is 0 Å². The summed E-state index contributed by atoms with van der Waals surface area (Å²) < 4.78 is 1.91. The van der Waals surface area contributed by atoms with Crippen molar-refractivity contribution in [3.8, 4) is 0 Å². The Labute approximate surface area is 120 Å². The Kier molecular flexibility index (Phi) is 4.11. The molecule has 0 unspecified atom stereocenters. The molecule has 4 heteroatoms. The summed E-state index contributed by atoms with van der Waals surface area (Å²) in [6.07, 6.45) is 5.88. The van der Waals surface area contributed by atoms with Gasteiger partial charge in [0.2, 0.25) is 0 Å². The molecule has 0 bridgehead atoms. The van der Waals surface area contributed by atoms with Gasteiger partial charge >= 0.3 is 0 Å². The highest BCUT2D eigenvalue weighted by Crippen LogP contribution is 2.27. The van der Waals surface area contributed by atoms with Crippen LogP contribution in [0.15, 0.2) is 30.5 Å². The standard InChI is InChI=1S/C16H22N4/c1-2-13-3-7-15(8-4-13)11-20-12-16(18-19-20)10-17-9-14-5-6-14/h3-4,7-8,12,14,17H,2,5-6,9-11H2,1H3. The molecule has 20 heavy (non-hydrogen) atoms. The number of aryl methyl sites for hydroxylation is 1. The first-order chi connectivity index (χ1) is 9.83. The molecule has 3 rings (SSSR count). The summed E-state index contributed by atoms with van der Waals surface area (Å²) in [5.41, 5.74) is 3.66. The molecule has 1 fully saturated rings. The maximum absolute atomic E-state index is 4.21. The Morgan fingerprint density at radius 1 is 1.20 bits per heavy atom. The quantitative estimate of drug-likeness (QED) is 0.840. The van der Waals surface area contributed by atoms with Gasteiger partial charge in [0, 0.05) is 6.54 Å². The van der Waals surface area contributed by atoms with Gasteiger partial charge in [-0.05, 0) is 42.9 Å². The first kappa shape index (κ1) is 13.3. The molecule has 0 atom stereocenters. The third-order valence-corrected chi connectivity index (χ3v) is 3.80. The van der Waals surface area contributed by atoms with E-state index in [1.807, 2.05) is 10.9 Å². The maximum Gasteiger partial charge on any atom is 0.0964 e. The van der Waals surface area contributed by atoms with E-state index in [4.69, 9.17) is 0 Å². The first-order valence-corrected chi connectivity index (χ1v) is 7.51. The maximum atomic E-state index is 4.21. The number of rotatable bonds is 7. The van der Waals surface area contributed by atoms with Crippen molar-refractivity contribution in [1.29, 1.82) is 0 Å². The van der Waals surface area contributed by atoms with Gasteiger partial charge in [0.25, 0.3) is 0 Å². The van der Waals surface area contributed by atoms with Crippen LogP contribution in [0, 0.1) is 5.92 Å². The van der Waals surface area contributed by atoms with Crippen LogP contribution >= 0.6 is 0 Å². The molecule has 1 aliphatic carbocycles. The third-order valence-electron chi connectivity index (χ3n) is 3.80. The van der Waals surface area contributed by atoms with Crippen molar-refractivity contribution in [3.63, 3.8) is 0 Å². The molecule has 0 aliphatic heterocycles. The van der Waals surface area contributed by atoms with Crippen molar-refractivity contribution in [2.45, 2.75) is 39.3 Å². The van der Waals surface area contributed by atoms with E-state index in [1.54, 1.807) is 0 Å². The van der Waals surface area contributed by atoms with Gasteiger partial charge in [0.1, 0.15) is 0 Å². The zero-order valence-corrected chi connectivity index (χ0v) is 12.0. The van der Waals surface area contributed by atoms with E-state index in [9.17, 15) is 0 Å². The molecule has 1 saturated carbocycles. The second-order valence-electron chi connectivity index (χ2n) is 5.65. The summed E-state index contributed by atoms with van der Waals surface area (Å²) in [5.74, 6) is 0.905. The molecule has 0 radical (unpaired) electrons. The molecule has 106 valence electrons. The molecule has 4 nitrogen and oxygen atoms in total. The molecule has 1 heterocycles. The van der Waals surface area contributed by atoms with Crippen molar-refractivity contribution in [2.24, 2.45) is 5.92 Å². The SMILES string of the molecule is CCc1ccc(Cn2cc(CNCC3CC3)nn2)cc1. The predicted molar refractivity (Wildman–Crippen MR) is 79.4 cm³/mol. The first-order valence-electron chi connectivity index (χ1n) is 7.51. The lowest BCUT2D eigenvalue weighted by molar-refractivity contribution is 0.627. The second kappa shape index (κ2) is 6.18.